The van der Waals surface area contributed by atoms with Gasteiger partial charge < -0.3 is 5.32 Å². The summed E-state index contributed by atoms with van der Waals surface area (Å²) in [4.78, 5) is 16.8. The van der Waals surface area contributed by atoms with Crippen LogP contribution in [-0.2, 0) is 0 Å². The number of hydrogen-bond acceptors (Lipinski definition) is 2. The molecule has 118 valence electrons. The Kier molecular flexibility index (Phi) is 5.53. The van der Waals surface area contributed by atoms with Crippen molar-refractivity contribution in [2.45, 2.75) is 53.0 Å². The second-order valence-electron chi connectivity index (χ2n) is 6.16. The van der Waals surface area contributed by atoms with Crippen molar-refractivity contribution in [2.75, 3.05) is 0 Å². The van der Waals surface area contributed by atoms with E-state index in [1.54, 1.807) is 6.20 Å². The molecule has 0 radical (unpaired) electrons. The van der Waals surface area contributed by atoms with Crippen molar-refractivity contribution in [3.05, 3.63) is 41.6 Å². The summed E-state index contributed by atoms with van der Waals surface area (Å²) in [5, 5.41) is 4.11. The number of carbonyl (C=O) groups excluding carboxylic acids is 1. The van der Waals surface area contributed by atoms with Gasteiger partial charge in [-0.1, -0.05) is 44.9 Å². The number of nitrogens with one attached hydrogen (secondary N) is 1. The van der Waals surface area contributed by atoms with Gasteiger partial charge in [-0.15, -0.1) is 0 Å². The van der Waals surface area contributed by atoms with Gasteiger partial charge in [-0.05, 0) is 37.8 Å². The maximum absolute atomic E-state index is 12.4. The first-order valence-corrected chi connectivity index (χ1v) is 8.21. The fraction of sp³-hybridized carbons (Fsp3) is 0.474. The van der Waals surface area contributed by atoms with Crippen molar-refractivity contribution in [3.63, 3.8) is 0 Å². The maximum Gasteiger partial charge on any atom is 0.253 e. The molecular weight excluding hydrogens is 272 g/mol. The number of fused-ring (bicyclic) bond motifs is 1. The molecule has 0 bridgehead atoms. The van der Waals surface area contributed by atoms with Crippen LogP contribution in [0.2, 0.25) is 0 Å². The first kappa shape index (κ1) is 16.5. The number of aryl methyl sites for hydroxylation is 1. The predicted octanol–water partition coefficient (Wildman–Crippen LogP) is 4.49. The van der Waals surface area contributed by atoms with Crippen LogP contribution in [-0.4, -0.2) is 16.9 Å². The standard InChI is InChI=1S/C19H26N2O/c1-5-15(6-2)10-14(4)21-19(22)17-11-16-9-7-8-13(3)18(16)20-12-17/h7-9,11-12,14-15H,5-6,10H2,1-4H3,(H,21,22). The van der Waals surface area contributed by atoms with Crippen molar-refractivity contribution < 1.29 is 4.79 Å². The Balaban J connectivity index is 2.09. The molecule has 1 atom stereocenters. The van der Waals surface area contributed by atoms with Crippen LogP contribution < -0.4 is 5.32 Å². The molecule has 1 unspecified atom stereocenters. The number of nitrogens with zero attached hydrogens (tertiary/aromatic N) is 1. The van der Waals surface area contributed by atoms with Crippen LogP contribution in [0.4, 0.5) is 0 Å². The Bertz CT molecular complexity index is 647. The van der Waals surface area contributed by atoms with Crippen molar-refractivity contribution >= 4 is 16.8 Å². The zero-order chi connectivity index (χ0) is 16.1. The molecule has 3 nitrogen and oxygen atoms in total. The highest BCUT2D eigenvalue weighted by molar-refractivity contribution is 5.97. The first-order chi connectivity index (χ1) is 10.5. The summed E-state index contributed by atoms with van der Waals surface area (Å²) >= 11 is 0. The highest BCUT2D eigenvalue weighted by atomic mass is 16.1. The second kappa shape index (κ2) is 7.39. The molecule has 1 aromatic carbocycles. The smallest absolute Gasteiger partial charge is 0.253 e. The van der Waals surface area contributed by atoms with Gasteiger partial charge in [0.2, 0.25) is 0 Å². The van der Waals surface area contributed by atoms with Crippen molar-refractivity contribution in [2.24, 2.45) is 5.92 Å². The van der Waals surface area contributed by atoms with Gasteiger partial charge in [-0.3, -0.25) is 9.78 Å². The Morgan fingerprint density at radius 2 is 2.00 bits per heavy atom. The number of para-hydroxylation sites is 1. The molecule has 2 aromatic rings. The molecule has 1 heterocycles. The fourth-order valence-electron chi connectivity index (χ4n) is 2.93. The zero-order valence-corrected chi connectivity index (χ0v) is 14.0. The molecule has 0 aliphatic rings. The Morgan fingerprint density at radius 3 is 2.68 bits per heavy atom. The van der Waals surface area contributed by atoms with E-state index in [-0.39, 0.29) is 11.9 Å². The minimum atomic E-state index is -0.0330. The summed E-state index contributed by atoms with van der Waals surface area (Å²) in [6.45, 7) is 8.53. The van der Waals surface area contributed by atoms with E-state index in [1.165, 1.54) is 0 Å². The number of aromatic nitrogens is 1. The lowest BCUT2D eigenvalue weighted by atomic mass is 9.95. The minimum Gasteiger partial charge on any atom is -0.350 e. The molecule has 0 saturated carbocycles. The summed E-state index contributed by atoms with van der Waals surface area (Å²) in [6.07, 6.45) is 5.02. The van der Waals surface area contributed by atoms with E-state index in [0.717, 1.165) is 35.7 Å². The van der Waals surface area contributed by atoms with Crippen LogP contribution >= 0.6 is 0 Å². The van der Waals surface area contributed by atoms with Crippen molar-refractivity contribution in [1.29, 1.82) is 0 Å². The maximum atomic E-state index is 12.4. The van der Waals surface area contributed by atoms with E-state index in [9.17, 15) is 4.79 Å². The highest BCUT2D eigenvalue weighted by Crippen LogP contribution is 2.18. The molecule has 0 fully saturated rings. The van der Waals surface area contributed by atoms with Crippen molar-refractivity contribution in [3.8, 4) is 0 Å². The van der Waals surface area contributed by atoms with E-state index >= 15 is 0 Å². The minimum absolute atomic E-state index is 0.0330. The van der Waals surface area contributed by atoms with Crippen LogP contribution in [0.5, 0.6) is 0 Å². The number of rotatable bonds is 6. The van der Waals surface area contributed by atoms with Gasteiger partial charge in [-0.2, -0.15) is 0 Å². The third-order valence-corrected chi connectivity index (χ3v) is 4.39. The lowest BCUT2D eigenvalue weighted by molar-refractivity contribution is 0.0934. The lowest BCUT2D eigenvalue weighted by Crippen LogP contribution is -2.34. The Labute approximate surface area is 133 Å². The molecule has 22 heavy (non-hydrogen) atoms. The van der Waals surface area contributed by atoms with Gasteiger partial charge in [0.25, 0.3) is 5.91 Å². The third-order valence-electron chi connectivity index (χ3n) is 4.39. The van der Waals surface area contributed by atoms with E-state index in [1.807, 2.05) is 31.2 Å². The van der Waals surface area contributed by atoms with Crippen LogP contribution in [0.15, 0.2) is 30.5 Å². The summed E-state index contributed by atoms with van der Waals surface area (Å²) in [7, 11) is 0. The summed E-state index contributed by atoms with van der Waals surface area (Å²) in [5.74, 6) is 0.641. The number of carbonyl (C=O) groups is 1. The molecule has 2 rings (SSSR count). The molecule has 0 spiro atoms. The van der Waals surface area contributed by atoms with Crippen molar-refractivity contribution in [1.82, 2.24) is 10.3 Å². The fourth-order valence-corrected chi connectivity index (χ4v) is 2.93. The van der Waals surface area contributed by atoms with Gasteiger partial charge in [0.15, 0.2) is 0 Å². The average molecular weight is 298 g/mol. The average Bonchev–Trinajstić information content (AvgIpc) is 2.52. The van der Waals surface area contributed by atoms with Gasteiger partial charge in [0.1, 0.15) is 0 Å². The van der Waals surface area contributed by atoms with E-state index in [0.29, 0.717) is 11.5 Å². The zero-order valence-electron chi connectivity index (χ0n) is 14.0. The Hall–Kier alpha value is -1.90. The molecule has 0 aliphatic carbocycles. The topological polar surface area (TPSA) is 42.0 Å². The molecule has 1 N–H and O–H groups in total. The van der Waals surface area contributed by atoms with Crippen LogP contribution in [0, 0.1) is 12.8 Å². The monoisotopic (exact) mass is 298 g/mol. The van der Waals surface area contributed by atoms with Gasteiger partial charge in [-0.25, -0.2) is 0 Å². The SMILES string of the molecule is CCC(CC)CC(C)NC(=O)c1cnc2c(C)cccc2c1. The molecular formula is C19H26N2O. The molecule has 0 aliphatic heterocycles. The first-order valence-electron chi connectivity index (χ1n) is 8.21. The molecule has 1 amide bonds. The summed E-state index contributed by atoms with van der Waals surface area (Å²) in [5.41, 5.74) is 2.73. The van der Waals surface area contributed by atoms with Crippen LogP contribution in [0.25, 0.3) is 10.9 Å². The predicted molar refractivity (Wildman–Crippen MR) is 92.1 cm³/mol. The van der Waals surface area contributed by atoms with E-state index < -0.39 is 0 Å². The summed E-state index contributed by atoms with van der Waals surface area (Å²) in [6, 6.07) is 8.14. The van der Waals surface area contributed by atoms with E-state index in [4.69, 9.17) is 0 Å². The van der Waals surface area contributed by atoms with Gasteiger partial charge >= 0.3 is 0 Å². The van der Waals surface area contributed by atoms with Gasteiger partial charge in [0.05, 0.1) is 11.1 Å². The van der Waals surface area contributed by atoms with E-state index in [2.05, 4.69) is 31.1 Å². The normalized spacial score (nSPS) is 12.6. The van der Waals surface area contributed by atoms with Crippen LogP contribution in [0.1, 0.15) is 56.0 Å². The number of hydrogen-bond donors (Lipinski definition) is 1. The number of amides is 1. The number of pyridine rings is 1. The highest BCUT2D eigenvalue weighted by Gasteiger charge is 2.14. The summed E-state index contributed by atoms with van der Waals surface area (Å²) < 4.78 is 0. The Morgan fingerprint density at radius 1 is 1.27 bits per heavy atom. The van der Waals surface area contributed by atoms with Gasteiger partial charge in [0, 0.05) is 17.6 Å². The molecule has 0 saturated heterocycles. The van der Waals surface area contributed by atoms with Crippen LogP contribution in [0.3, 0.4) is 0 Å². The third kappa shape index (κ3) is 3.85. The quantitative estimate of drug-likeness (QED) is 0.854. The largest absolute Gasteiger partial charge is 0.350 e. The molecule has 1 aromatic heterocycles. The molecule has 3 heteroatoms. The second-order valence-corrected chi connectivity index (χ2v) is 6.16. The lowest BCUT2D eigenvalue weighted by Gasteiger charge is -2.19. The number of benzene rings is 1.